The van der Waals surface area contributed by atoms with Crippen molar-refractivity contribution in [2.45, 2.75) is 19.6 Å². The van der Waals surface area contributed by atoms with Crippen LogP contribution in [0.5, 0.6) is 0 Å². The summed E-state index contributed by atoms with van der Waals surface area (Å²) in [6.07, 6.45) is 0.693. The van der Waals surface area contributed by atoms with Crippen LogP contribution in [0.2, 0.25) is 0 Å². The maximum absolute atomic E-state index is 11.2. The van der Waals surface area contributed by atoms with Crippen LogP contribution in [0.1, 0.15) is 13.3 Å². The van der Waals surface area contributed by atoms with E-state index in [1.807, 2.05) is 6.92 Å². The van der Waals surface area contributed by atoms with Crippen LogP contribution in [0.3, 0.4) is 0 Å². The van der Waals surface area contributed by atoms with Gasteiger partial charge in [0.05, 0.1) is 25.7 Å². The van der Waals surface area contributed by atoms with Gasteiger partial charge in [0.2, 0.25) is 0 Å². The van der Waals surface area contributed by atoms with Crippen LogP contribution in [0.15, 0.2) is 0 Å². The van der Waals surface area contributed by atoms with Gasteiger partial charge in [0, 0.05) is 5.92 Å². The fraction of sp³-hybridized carbons (Fsp3) is 0.889. The highest BCUT2D eigenvalue weighted by atomic mass is 16.7. The maximum atomic E-state index is 11.2. The van der Waals surface area contributed by atoms with Crippen molar-refractivity contribution < 1.29 is 19.0 Å². The Morgan fingerprint density at radius 2 is 2.15 bits per heavy atom. The van der Waals surface area contributed by atoms with Crippen LogP contribution in [0.25, 0.3) is 0 Å². The Bertz CT molecular complexity index is 198. The quantitative estimate of drug-likeness (QED) is 0.604. The molecule has 1 aliphatic carbocycles. The standard InChI is InChI=1S/C9H14O4/c1-2-11-8(10)6-5-7(6)9-12-3-4-13-9/h6-7,9H,2-5H2,1H3/t6-,7-/m1/s1. The van der Waals surface area contributed by atoms with Crippen LogP contribution >= 0.6 is 0 Å². The molecule has 0 aromatic carbocycles. The van der Waals surface area contributed by atoms with E-state index in [0.717, 1.165) is 6.42 Å². The lowest BCUT2D eigenvalue weighted by Crippen LogP contribution is -2.16. The summed E-state index contributed by atoms with van der Waals surface area (Å²) in [4.78, 5) is 11.2. The van der Waals surface area contributed by atoms with Crippen molar-refractivity contribution in [1.29, 1.82) is 0 Å². The van der Waals surface area contributed by atoms with Gasteiger partial charge >= 0.3 is 5.97 Å². The number of hydrogen-bond donors (Lipinski definition) is 0. The van der Waals surface area contributed by atoms with Crippen LogP contribution < -0.4 is 0 Å². The molecule has 74 valence electrons. The molecule has 13 heavy (non-hydrogen) atoms. The summed E-state index contributed by atoms with van der Waals surface area (Å²) < 4.78 is 15.5. The molecule has 0 aromatic heterocycles. The zero-order chi connectivity index (χ0) is 9.26. The van der Waals surface area contributed by atoms with Gasteiger partial charge < -0.3 is 14.2 Å². The summed E-state index contributed by atoms with van der Waals surface area (Å²) in [5.74, 6) is 0.149. The first-order chi connectivity index (χ1) is 6.33. The molecule has 1 saturated carbocycles. The third kappa shape index (κ3) is 1.84. The predicted octanol–water partition coefficient (Wildman–Crippen LogP) is 0.558. The normalized spacial score (nSPS) is 33.3. The molecule has 0 spiro atoms. The van der Waals surface area contributed by atoms with Gasteiger partial charge in [-0.1, -0.05) is 0 Å². The molecule has 4 nitrogen and oxygen atoms in total. The number of hydrogen-bond acceptors (Lipinski definition) is 4. The second-order valence-corrected chi connectivity index (χ2v) is 3.37. The highest BCUT2D eigenvalue weighted by Crippen LogP contribution is 2.44. The highest BCUT2D eigenvalue weighted by molar-refractivity contribution is 5.75. The molecule has 2 aliphatic rings. The average molecular weight is 186 g/mol. The van der Waals surface area contributed by atoms with E-state index in [4.69, 9.17) is 14.2 Å². The van der Waals surface area contributed by atoms with E-state index in [0.29, 0.717) is 19.8 Å². The zero-order valence-electron chi connectivity index (χ0n) is 7.69. The zero-order valence-corrected chi connectivity index (χ0v) is 7.69. The Morgan fingerprint density at radius 3 is 2.77 bits per heavy atom. The minimum atomic E-state index is -0.158. The summed E-state index contributed by atoms with van der Waals surface area (Å²) in [6, 6.07) is 0. The van der Waals surface area contributed by atoms with Gasteiger partial charge in [-0.15, -0.1) is 0 Å². The fourth-order valence-electron chi connectivity index (χ4n) is 1.66. The molecule has 0 N–H and O–H groups in total. The van der Waals surface area contributed by atoms with Crippen molar-refractivity contribution in [2.24, 2.45) is 11.8 Å². The van der Waals surface area contributed by atoms with Crippen LogP contribution in [0.4, 0.5) is 0 Å². The lowest BCUT2D eigenvalue weighted by atomic mass is 10.3. The Morgan fingerprint density at radius 1 is 1.46 bits per heavy atom. The van der Waals surface area contributed by atoms with Gasteiger partial charge in [0.1, 0.15) is 0 Å². The van der Waals surface area contributed by atoms with E-state index in [1.165, 1.54) is 0 Å². The summed E-state index contributed by atoms with van der Waals surface area (Å²) in [7, 11) is 0. The molecule has 2 atom stereocenters. The van der Waals surface area contributed by atoms with Crippen LogP contribution in [-0.2, 0) is 19.0 Å². The van der Waals surface area contributed by atoms with Gasteiger partial charge in [0.25, 0.3) is 0 Å². The molecule has 0 bridgehead atoms. The lowest BCUT2D eigenvalue weighted by Gasteiger charge is -2.07. The first-order valence-corrected chi connectivity index (χ1v) is 4.72. The molecule has 1 heterocycles. The van der Waals surface area contributed by atoms with Gasteiger partial charge in [-0.2, -0.15) is 0 Å². The summed E-state index contributed by atoms with van der Waals surface area (Å²) in [5, 5.41) is 0. The van der Waals surface area contributed by atoms with Crippen molar-refractivity contribution in [3.05, 3.63) is 0 Å². The molecule has 2 fully saturated rings. The van der Waals surface area contributed by atoms with E-state index in [-0.39, 0.29) is 24.1 Å². The van der Waals surface area contributed by atoms with Crippen molar-refractivity contribution in [1.82, 2.24) is 0 Å². The lowest BCUT2D eigenvalue weighted by molar-refractivity contribution is -0.146. The van der Waals surface area contributed by atoms with Crippen molar-refractivity contribution in [3.63, 3.8) is 0 Å². The molecule has 4 heteroatoms. The van der Waals surface area contributed by atoms with Gasteiger partial charge in [-0.25, -0.2) is 0 Å². The number of esters is 1. The Labute approximate surface area is 77.1 Å². The summed E-state index contributed by atoms with van der Waals surface area (Å²) in [5.41, 5.74) is 0. The minimum Gasteiger partial charge on any atom is -0.466 e. The number of ether oxygens (including phenoxy) is 3. The van der Waals surface area contributed by atoms with Gasteiger partial charge in [-0.3, -0.25) is 4.79 Å². The molecule has 1 saturated heterocycles. The second kappa shape index (κ2) is 3.64. The molecule has 0 radical (unpaired) electrons. The monoisotopic (exact) mass is 186 g/mol. The highest BCUT2D eigenvalue weighted by Gasteiger charge is 2.51. The number of carbonyl (C=O) groups excluding carboxylic acids is 1. The predicted molar refractivity (Wildman–Crippen MR) is 43.9 cm³/mol. The van der Waals surface area contributed by atoms with Crippen LogP contribution in [0, 0.1) is 11.8 Å². The molecule has 0 amide bonds. The fourth-order valence-corrected chi connectivity index (χ4v) is 1.66. The topological polar surface area (TPSA) is 44.8 Å². The minimum absolute atomic E-state index is 0.0167. The van der Waals surface area contributed by atoms with Gasteiger partial charge in [-0.05, 0) is 13.3 Å². The van der Waals surface area contributed by atoms with Crippen LogP contribution in [-0.4, -0.2) is 32.1 Å². The Hall–Kier alpha value is -0.610. The second-order valence-electron chi connectivity index (χ2n) is 3.37. The smallest absolute Gasteiger partial charge is 0.309 e. The summed E-state index contributed by atoms with van der Waals surface area (Å²) in [6.45, 7) is 3.57. The molecule has 2 rings (SSSR count). The van der Waals surface area contributed by atoms with Crippen molar-refractivity contribution in [3.8, 4) is 0 Å². The molecular formula is C9H14O4. The first kappa shape index (κ1) is 8.97. The van der Waals surface area contributed by atoms with E-state index in [9.17, 15) is 4.79 Å². The Balaban J connectivity index is 1.77. The van der Waals surface area contributed by atoms with E-state index < -0.39 is 0 Å². The first-order valence-electron chi connectivity index (χ1n) is 4.72. The third-order valence-electron chi connectivity index (χ3n) is 2.43. The molecule has 1 aliphatic heterocycles. The average Bonchev–Trinajstić information content (AvgIpc) is 2.74. The largest absolute Gasteiger partial charge is 0.466 e. The van der Waals surface area contributed by atoms with E-state index in [1.54, 1.807) is 0 Å². The van der Waals surface area contributed by atoms with Gasteiger partial charge in [0.15, 0.2) is 6.29 Å². The maximum Gasteiger partial charge on any atom is 0.309 e. The van der Waals surface area contributed by atoms with Crippen molar-refractivity contribution >= 4 is 5.97 Å². The third-order valence-corrected chi connectivity index (χ3v) is 2.43. The summed E-state index contributed by atoms with van der Waals surface area (Å²) >= 11 is 0. The molecular weight excluding hydrogens is 172 g/mol. The van der Waals surface area contributed by atoms with Crippen molar-refractivity contribution in [2.75, 3.05) is 19.8 Å². The van der Waals surface area contributed by atoms with E-state index >= 15 is 0 Å². The Kier molecular flexibility index (Phi) is 2.51. The van der Waals surface area contributed by atoms with E-state index in [2.05, 4.69) is 0 Å². The molecule has 0 aromatic rings. The number of rotatable bonds is 3. The number of carbonyl (C=O) groups is 1. The molecule has 0 unspecified atom stereocenters. The SMILES string of the molecule is CCOC(=O)[C@@H]1C[C@H]1C1OCCO1.